The van der Waals surface area contributed by atoms with Crippen LogP contribution in [0.5, 0.6) is 5.75 Å². The summed E-state index contributed by atoms with van der Waals surface area (Å²) in [6, 6.07) is 11.5. The van der Waals surface area contributed by atoms with Gasteiger partial charge in [-0.05, 0) is 49.6 Å². The molecule has 2 aromatic rings. The molecule has 1 aromatic heterocycles. The SMILES string of the molecule is COc1ccc(CCC(=O)N2CCCN(C(=O)CCC(=O)c3ccc(C)s3)CC2)cc1. The Morgan fingerprint density at radius 1 is 0.871 bits per heavy atom. The molecule has 6 nitrogen and oxygen atoms in total. The van der Waals surface area contributed by atoms with E-state index in [0.29, 0.717) is 39.0 Å². The van der Waals surface area contributed by atoms with E-state index in [-0.39, 0.29) is 30.4 Å². The number of aryl methyl sites for hydroxylation is 2. The molecule has 0 bridgehead atoms. The number of nitrogens with zero attached hydrogens (tertiary/aromatic N) is 2. The van der Waals surface area contributed by atoms with Gasteiger partial charge in [-0.3, -0.25) is 14.4 Å². The van der Waals surface area contributed by atoms with Gasteiger partial charge in [-0.15, -0.1) is 11.3 Å². The van der Waals surface area contributed by atoms with E-state index in [4.69, 9.17) is 4.74 Å². The molecule has 0 unspecified atom stereocenters. The maximum atomic E-state index is 12.7. The summed E-state index contributed by atoms with van der Waals surface area (Å²) in [6.07, 6.45) is 2.36. The molecule has 0 atom stereocenters. The Kier molecular flexibility index (Phi) is 8.23. The van der Waals surface area contributed by atoms with Crippen LogP contribution in [-0.2, 0) is 16.0 Å². The molecule has 0 spiro atoms. The fraction of sp³-hybridized carbons (Fsp3) is 0.458. The van der Waals surface area contributed by atoms with Crippen LogP contribution in [0.15, 0.2) is 36.4 Å². The number of carbonyl (C=O) groups is 3. The van der Waals surface area contributed by atoms with E-state index in [1.807, 2.05) is 48.2 Å². The molecule has 1 saturated heterocycles. The maximum Gasteiger partial charge on any atom is 0.223 e. The van der Waals surface area contributed by atoms with Gasteiger partial charge < -0.3 is 14.5 Å². The van der Waals surface area contributed by atoms with Crippen molar-refractivity contribution in [3.8, 4) is 5.75 Å². The average molecular weight is 443 g/mol. The van der Waals surface area contributed by atoms with Crippen molar-refractivity contribution in [2.75, 3.05) is 33.3 Å². The van der Waals surface area contributed by atoms with E-state index >= 15 is 0 Å². The summed E-state index contributed by atoms with van der Waals surface area (Å²) in [5.41, 5.74) is 1.10. The Labute approximate surface area is 187 Å². The normalized spacial score (nSPS) is 14.3. The van der Waals surface area contributed by atoms with E-state index in [1.165, 1.54) is 11.3 Å². The molecule has 31 heavy (non-hydrogen) atoms. The lowest BCUT2D eigenvalue weighted by atomic mass is 10.1. The molecular weight excluding hydrogens is 412 g/mol. The summed E-state index contributed by atoms with van der Waals surface area (Å²) in [4.78, 5) is 43.0. The third-order valence-corrected chi connectivity index (χ3v) is 6.61. The van der Waals surface area contributed by atoms with Crippen molar-refractivity contribution in [1.82, 2.24) is 9.80 Å². The molecule has 0 N–H and O–H groups in total. The summed E-state index contributed by atoms with van der Waals surface area (Å²) in [5, 5.41) is 0. The molecule has 2 amide bonds. The van der Waals surface area contributed by atoms with E-state index in [2.05, 4.69) is 0 Å². The number of Topliss-reactive ketones (excluding diaryl/α,β-unsaturated/α-hetero) is 1. The quantitative estimate of drug-likeness (QED) is 0.585. The smallest absolute Gasteiger partial charge is 0.223 e. The monoisotopic (exact) mass is 442 g/mol. The van der Waals surface area contributed by atoms with Gasteiger partial charge in [-0.2, -0.15) is 0 Å². The zero-order valence-corrected chi connectivity index (χ0v) is 19.1. The van der Waals surface area contributed by atoms with Crippen LogP contribution in [-0.4, -0.2) is 60.7 Å². The summed E-state index contributed by atoms with van der Waals surface area (Å²) in [6.45, 7) is 4.34. The molecule has 2 heterocycles. The minimum atomic E-state index is -0.00541. The Hall–Kier alpha value is -2.67. The van der Waals surface area contributed by atoms with Crippen LogP contribution < -0.4 is 4.74 Å². The average Bonchev–Trinajstić information content (AvgIpc) is 3.07. The van der Waals surface area contributed by atoms with Gasteiger partial charge in [0.25, 0.3) is 0 Å². The second kappa shape index (κ2) is 11.1. The molecular formula is C24H30N2O4S. The zero-order valence-electron chi connectivity index (χ0n) is 18.3. The van der Waals surface area contributed by atoms with E-state index < -0.39 is 0 Å². The predicted octanol–water partition coefficient (Wildman–Crippen LogP) is 3.72. The number of hydrogen-bond acceptors (Lipinski definition) is 5. The van der Waals surface area contributed by atoms with Crippen LogP contribution in [0.2, 0.25) is 0 Å². The molecule has 1 fully saturated rings. The molecule has 0 aliphatic carbocycles. The number of ketones is 1. The van der Waals surface area contributed by atoms with Crippen LogP contribution in [0, 0.1) is 6.92 Å². The number of carbonyl (C=O) groups excluding carboxylic acids is 3. The lowest BCUT2D eigenvalue weighted by molar-refractivity contribution is -0.133. The lowest BCUT2D eigenvalue weighted by Crippen LogP contribution is -2.37. The highest BCUT2D eigenvalue weighted by atomic mass is 32.1. The van der Waals surface area contributed by atoms with E-state index in [9.17, 15) is 14.4 Å². The first-order valence-electron chi connectivity index (χ1n) is 10.7. The largest absolute Gasteiger partial charge is 0.497 e. The van der Waals surface area contributed by atoms with Crippen molar-refractivity contribution in [3.05, 3.63) is 51.7 Å². The highest BCUT2D eigenvalue weighted by Gasteiger charge is 2.22. The van der Waals surface area contributed by atoms with E-state index in [0.717, 1.165) is 27.5 Å². The molecule has 1 aromatic carbocycles. The van der Waals surface area contributed by atoms with Crippen molar-refractivity contribution < 1.29 is 19.1 Å². The standard InChI is InChI=1S/C24H30N2O4S/c1-18-4-11-22(31-18)21(27)10-13-24(29)26-15-3-14-25(16-17-26)23(28)12-7-19-5-8-20(30-2)9-6-19/h4-6,8-9,11H,3,7,10,12-17H2,1-2H3. The zero-order chi connectivity index (χ0) is 22.2. The Morgan fingerprint density at radius 3 is 2.10 bits per heavy atom. The summed E-state index contributed by atoms with van der Waals surface area (Å²) < 4.78 is 5.16. The minimum absolute atomic E-state index is 0.00541. The van der Waals surface area contributed by atoms with Crippen molar-refractivity contribution in [3.63, 3.8) is 0 Å². The molecule has 3 rings (SSSR count). The van der Waals surface area contributed by atoms with Gasteiger partial charge in [0.05, 0.1) is 12.0 Å². The number of ether oxygens (including phenoxy) is 1. The fourth-order valence-electron chi connectivity index (χ4n) is 3.70. The number of methoxy groups -OCH3 is 1. The third-order valence-electron chi connectivity index (χ3n) is 5.57. The first kappa shape index (κ1) is 23.0. The number of thiophene rings is 1. The van der Waals surface area contributed by atoms with Crippen LogP contribution in [0.4, 0.5) is 0 Å². The third kappa shape index (κ3) is 6.66. The minimum Gasteiger partial charge on any atom is -0.497 e. The summed E-state index contributed by atoms with van der Waals surface area (Å²) in [5.74, 6) is 0.943. The van der Waals surface area contributed by atoms with Crippen LogP contribution in [0.3, 0.4) is 0 Å². The van der Waals surface area contributed by atoms with Crippen molar-refractivity contribution in [2.24, 2.45) is 0 Å². The van der Waals surface area contributed by atoms with Crippen LogP contribution >= 0.6 is 11.3 Å². The predicted molar refractivity (Wildman–Crippen MR) is 122 cm³/mol. The van der Waals surface area contributed by atoms with Gasteiger partial charge in [0.1, 0.15) is 5.75 Å². The van der Waals surface area contributed by atoms with E-state index in [1.54, 1.807) is 12.0 Å². The Balaban J connectivity index is 1.42. The number of hydrogen-bond donors (Lipinski definition) is 0. The summed E-state index contributed by atoms with van der Waals surface area (Å²) >= 11 is 1.47. The molecule has 0 radical (unpaired) electrons. The van der Waals surface area contributed by atoms with Crippen molar-refractivity contribution >= 4 is 28.9 Å². The molecule has 1 aliphatic rings. The van der Waals surface area contributed by atoms with Gasteiger partial charge in [-0.25, -0.2) is 0 Å². The van der Waals surface area contributed by atoms with Gasteiger partial charge in [0.15, 0.2) is 5.78 Å². The number of benzene rings is 1. The van der Waals surface area contributed by atoms with Gasteiger partial charge >= 0.3 is 0 Å². The Morgan fingerprint density at radius 2 is 1.52 bits per heavy atom. The number of rotatable bonds is 8. The molecule has 166 valence electrons. The maximum absolute atomic E-state index is 12.7. The number of amides is 2. The van der Waals surface area contributed by atoms with Gasteiger partial charge in [-0.1, -0.05) is 12.1 Å². The highest BCUT2D eigenvalue weighted by Crippen LogP contribution is 2.18. The highest BCUT2D eigenvalue weighted by molar-refractivity contribution is 7.14. The first-order chi connectivity index (χ1) is 15.0. The molecule has 1 aliphatic heterocycles. The second-order valence-electron chi connectivity index (χ2n) is 7.80. The van der Waals surface area contributed by atoms with Crippen molar-refractivity contribution in [1.29, 1.82) is 0 Å². The first-order valence-corrected chi connectivity index (χ1v) is 11.6. The molecule has 0 saturated carbocycles. The Bertz CT molecular complexity index is 907. The summed E-state index contributed by atoms with van der Waals surface area (Å²) in [7, 11) is 1.63. The molecule has 7 heteroatoms. The topological polar surface area (TPSA) is 66.9 Å². The second-order valence-corrected chi connectivity index (χ2v) is 9.08. The van der Waals surface area contributed by atoms with Crippen molar-refractivity contribution in [2.45, 2.75) is 39.0 Å². The lowest BCUT2D eigenvalue weighted by Gasteiger charge is -2.22. The fourth-order valence-corrected chi connectivity index (χ4v) is 4.54. The van der Waals surface area contributed by atoms with Gasteiger partial charge in [0.2, 0.25) is 11.8 Å². The van der Waals surface area contributed by atoms with Gasteiger partial charge in [0, 0.05) is 50.3 Å². The van der Waals surface area contributed by atoms with Crippen LogP contribution in [0.25, 0.3) is 0 Å². The van der Waals surface area contributed by atoms with Crippen LogP contribution in [0.1, 0.15) is 45.8 Å².